The number of H-pyrrole nitrogens is 1. The number of pyridine rings is 3. The second-order valence-corrected chi connectivity index (χ2v) is 15.3. The molecule has 4 heterocycles. The van der Waals surface area contributed by atoms with Crippen molar-refractivity contribution in [2.24, 2.45) is 0 Å². The number of fused-ring (bicyclic) bond motifs is 3. The molecule has 0 bridgehead atoms. The molecule has 0 amide bonds. The molecule has 0 aliphatic heterocycles. The predicted octanol–water partition coefficient (Wildman–Crippen LogP) is 16.7. The molecule has 394 valence electrons. The van der Waals surface area contributed by atoms with Crippen molar-refractivity contribution in [1.82, 2.24) is 19.9 Å². The van der Waals surface area contributed by atoms with E-state index in [-0.39, 0.29) is 75.7 Å². The standard InChI is InChI=1S/C11H7Cl3N2.C11H6Cl2N2.C6H6ClN.C5H2Cl3N.4C2H4O2.4CH4.2Pd/c12-7-1-3-9(4-2-7)16-11-10(14)5-8(13)6-15-11;12-6-1-2-10-8(3-6)9-4-7(13)5-14-11(9)15-10;7-5-1-3-6(8)4-2-5;6-3-1-4(7)5(8)9-2-3;4*1-2(3)4;;;;;;/h1-6H,(H,15,16);1-5H,(H,14,15);1-4H,8H2;1-2H;4*1H3,(H,3,4);4*1H4;;. The van der Waals surface area contributed by atoms with Gasteiger partial charge in [0.2, 0.25) is 0 Å². The van der Waals surface area contributed by atoms with Crippen LogP contribution in [0.3, 0.4) is 0 Å². The molecule has 0 saturated heterocycles. The zero-order valence-corrected chi connectivity index (χ0v) is 44.1. The van der Waals surface area contributed by atoms with Crippen molar-refractivity contribution in [1.29, 1.82) is 0 Å². The molecule has 0 aliphatic rings. The molecule has 0 atom stereocenters. The Morgan fingerprint density at radius 3 is 1.24 bits per heavy atom. The van der Waals surface area contributed by atoms with Gasteiger partial charge in [-0.2, -0.15) is 0 Å². The fourth-order valence-electron chi connectivity index (χ4n) is 3.76. The molecule has 7 aromatic rings. The number of nitrogens with zero attached hydrogens (tertiary/aromatic N) is 3. The number of nitrogen functional groups attached to an aromatic ring is 1. The number of nitrogens with two attached hydrogens (primary N) is 1. The zero-order valence-electron chi connectivity index (χ0n) is 34.2. The number of benzene rings is 3. The number of anilines is 3. The van der Waals surface area contributed by atoms with Crippen LogP contribution in [0.5, 0.6) is 0 Å². The van der Waals surface area contributed by atoms with Gasteiger partial charge in [0, 0.05) is 130 Å². The summed E-state index contributed by atoms with van der Waals surface area (Å²) < 4.78 is 0. The Balaban J connectivity index is -0.000000136. The molecule has 25 heteroatoms. The summed E-state index contributed by atoms with van der Waals surface area (Å²) in [7, 11) is 0. The smallest absolute Gasteiger partial charge is 0.300 e. The maximum Gasteiger partial charge on any atom is 0.300 e. The molecule has 0 aliphatic carbocycles. The molecule has 0 fully saturated rings. The van der Waals surface area contributed by atoms with Gasteiger partial charge in [0.25, 0.3) is 23.9 Å². The van der Waals surface area contributed by atoms with Crippen LogP contribution in [0.2, 0.25) is 45.3 Å². The van der Waals surface area contributed by atoms with Gasteiger partial charge in [-0.05, 0) is 84.9 Å². The normalized spacial score (nSPS) is 8.47. The van der Waals surface area contributed by atoms with Crippen molar-refractivity contribution >= 4 is 167 Å². The van der Waals surface area contributed by atoms with Gasteiger partial charge in [0.15, 0.2) is 0 Å². The Morgan fingerprint density at radius 1 is 0.486 bits per heavy atom. The van der Waals surface area contributed by atoms with Crippen molar-refractivity contribution in [2.75, 3.05) is 11.1 Å². The van der Waals surface area contributed by atoms with E-state index >= 15 is 0 Å². The predicted molar refractivity (Wildman–Crippen MR) is 288 cm³/mol. The molecule has 7 rings (SSSR count). The van der Waals surface area contributed by atoms with Crippen LogP contribution in [-0.2, 0) is 60.0 Å². The third kappa shape index (κ3) is 40.0. The Kier molecular flexibility index (Phi) is 50.6. The molecule has 0 spiro atoms. The molecule has 0 saturated carbocycles. The molecule has 14 nitrogen and oxygen atoms in total. The number of rotatable bonds is 2. The second kappa shape index (κ2) is 44.1. The Labute approximate surface area is 480 Å². The third-order valence-electron chi connectivity index (χ3n) is 5.93. The molecule has 70 heavy (non-hydrogen) atoms. The van der Waals surface area contributed by atoms with Crippen LogP contribution < -0.4 is 11.1 Å². The third-order valence-corrected chi connectivity index (χ3v) is 8.26. The van der Waals surface area contributed by atoms with Crippen LogP contribution in [0.25, 0.3) is 21.9 Å². The average Bonchev–Trinajstić information content (AvgIpc) is 3.53. The summed E-state index contributed by atoms with van der Waals surface area (Å²) in [5.41, 5.74) is 8.82. The minimum Gasteiger partial charge on any atom is -0.481 e. The van der Waals surface area contributed by atoms with Crippen LogP contribution in [0, 0.1) is 0 Å². The largest absolute Gasteiger partial charge is 0.481 e. The van der Waals surface area contributed by atoms with Crippen LogP contribution >= 0.6 is 104 Å². The van der Waals surface area contributed by atoms with E-state index in [0.717, 1.165) is 66.0 Å². The number of aromatic nitrogens is 4. The Hall–Kier alpha value is -3.68. The topological polar surface area (TPSA) is 242 Å². The van der Waals surface area contributed by atoms with Crippen molar-refractivity contribution in [2.45, 2.75) is 57.4 Å². The monoisotopic (exact) mass is 1330 g/mol. The first-order valence-electron chi connectivity index (χ1n) is 17.1. The number of aliphatic carboxylic acids is 4. The van der Waals surface area contributed by atoms with Crippen LogP contribution in [0.15, 0.2) is 104 Å². The minimum absolute atomic E-state index is 0. The van der Waals surface area contributed by atoms with Gasteiger partial charge in [-0.25, -0.2) is 15.0 Å². The number of carboxylic acid groups (broad SMARTS) is 4. The fraction of sp³-hybridized carbons (Fsp3) is 0.178. The van der Waals surface area contributed by atoms with Crippen molar-refractivity contribution in [3.8, 4) is 0 Å². The quantitative estimate of drug-likeness (QED) is 0.0485. The van der Waals surface area contributed by atoms with Gasteiger partial charge in [-0.3, -0.25) is 19.2 Å². The second-order valence-electron chi connectivity index (χ2n) is 11.5. The Bertz CT molecular complexity index is 2440. The van der Waals surface area contributed by atoms with Crippen molar-refractivity contribution in [3.05, 3.63) is 149 Å². The first-order chi connectivity index (χ1) is 29.8. The first kappa shape index (κ1) is 80.4. The number of halogens is 9. The van der Waals surface area contributed by atoms with E-state index in [2.05, 4.69) is 25.3 Å². The fourth-order valence-corrected chi connectivity index (χ4v) is 5.25. The summed E-state index contributed by atoms with van der Waals surface area (Å²) in [6.07, 6.45) is 4.60. The number of hydrogen-bond acceptors (Lipinski definition) is 9. The average molecular weight is 1340 g/mol. The van der Waals surface area contributed by atoms with Crippen LogP contribution in [0.1, 0.15) is 57.4 Å². The maximum atomic E-state index is 9.00. The van der Waals surface area contributed by atoms with E-state index < -0.39 is 23.9 Å². The van der Waals surface area contributed by atoms with E-state index in [1.807, 2.05) is 36.4 Å². The number of nitrogens with one attached hydrogen (secondary N) is 2. The van der Waals surface area contributed by atoms with Crippen LogP contribution in [0.4, 0.5) is 17.2 Å². The summed E-state index contributed by atoms with van der Waals surface area (Å²) in [6, 6.07) is 25.1. The number of hydrogen-bond donors (Lipinski definition) is 7. The molecular weight excluding hydrogens is 1280 g/mol. The van der Waals surface area contributed by atoms with Crippen molar-refractivity contribution in [3.63, 3.8) is 0 Å². The van der Waals surface area contributed by atoms with Gasteiger partial charge in [0.1, 0.15) is 16.6 Å². The number of aromatic amines is 1. The first-order valence-corrected chi connectivity index (χ1v) is 20.5. The van der Waals surface area contributed by atoms with E-state index in [1.165, 1.54) is 12.4 Å². The zero-order chi connectivity index (χ0) is 49.1. The van der Waals surface area contributed by atoms with E-state index in [0.29, 0.717) is 41.0 Å². The summed E-state index contributed by atoms with van der Waals surface area (Å²) in [4.78, 5) is 51.2. The van der Waals surface area contributed by atoms with Gasteiger partial charge >= 0.3 is 0 Å². The van der Waals surface area contributed by atoms with E-state index in [9.17, 15) is 0 Å². The molecular formula is C45H53Cl9N6O8Pd2. The van der Waals surface area contributed by atoms with Crippen LogP contribution in [-0.4, -0.2) is 64.2 Å². The molecule has 8 N–H and O–H groups in total. The molecule has 0 unspecified atom stereocenters. The van der Waals surface area contributed by atoms with Gasteiger partial charge < -0.3 is 36.5 Å². The maximum absolute atomic E-state index is 9.00. The van der Waals surface area contributed by atoms with Gasteiger partial charge in [-0.1, -0.05) is 134 Å². The summed E-state index contributed by atoms with van der Waals surface area (Å²) in [5.74, 6) is -2.77. The van der Waals surface area contributed by atoms with Gasteiger partial charge in [-0.15, -0.1) is 0 Å². The molecule has 4 aromatic heterocycles. The number of carbonyl (C=O) groups is 4. The summed E-state index contributed by atoms with van der Waals surface area (Å²) in [6.45, 7) is 4.33. The van der Waals surface area contributed by atoms with Crippen molar-refractivity contribution < 1.29 is 80.4 Å². The van der Waals surface area contributed by atoms with Gasteiger partial charge in [0.05, 0.1) is 25.1 Å². The SMILES string of the molecule is C.C.C.C.CC(=O)O.CC(=O)O.CC(=O)O.CC(=O)O.Clc1ccc(Nc2ncc(Cl)cc2Cl)cc1.Clc1ccc2[nH]c3ncc(Cl)cc3c2c1.Clc1cnc(Cl)c(Cl)c1.Nc1ccc(Cl)cc1.[Pd].[Pd]. The molecule has 0 radical (unpaired) electrons. The minimum atomic E-state index is -0.833. The Morgan fingerprint density at radius 2 is 0.843 bits per heavy atom. The summed E-state index contributed by atoms with van der Waals surface area (Å²) in [5, 5.41) is 39.7. The van der Waals surface area contributed by atoms with E-state index in [4.69, 9.17) is 150 Å². The number of carboxylic acids is 4. The molecule has 3 aromatic carbocycles. The van der Waals surface area contributed by atoms with E-state index in [1.54, 1.807) is 54.7 Å². The summed E-state index contributed by atoms with van der Waals surface area (Å²) >= 11 is 51.4.